The fourth-order valence-corrected chi connectivity index (χ4v) is 2.34. The van der Waals surface area contributed by atoms with Gasteiger partial charge in [-0.1, -0.05) is 42.5 Å². The summed E-state index contributed by atoms with van der Waals surface area (Å²) in [4.78, 5) is 9.31. The van der Waals surface area contributed by atoms with Gasteiger partial charge >= 0.3 is 0 Å². The van der Waals surface area contributed by atoms with E-state index in [9.17, 15) is 0 Å². The Morgan fingerprint density at radius 1 is 0.913 bits per heavy atom. The first-order valence-electron chi connectivity index (χ1n) is 7.63. The normalized spacial score (nSPS) is 10.8. The Morgan fingerprint density at radius 2 is 1.70 bits per heavy atom. The molecular formula is C18H19N3O2. The van der Waals surface area contributed by atoms with Gasteiger partial charge in [-0.15, -0.1) is 0 Å². The zero-order chi connectivity index (χ0) is 15.9. The Hall–Kier alpha value is -2.50. The van der Waals surface area contributed by atoms with Gasteiger partial charge in [-0.05, 0) is 12.1 Å². The molecule has 0 spiro atoms. The van der Waals surface area contributed by atoms with Crippen molar-refractivity contribution in [3.8, 4) is 11.4 Å². The Balaban J connectivity index is 1.88. The third-order valence-corrected chi connectivity index (χ3v) is 3.41. The van der Waals surface area contributed by atoms with Gasteiger partial charge in [0.1, 0.15) is 5.82 Å². The first kappa shape index (κ1) is 15.4. The molecule has 2 N–H and O–H groups in total. The van der Waals surface area contributed by atoms with Crippen LogP contribution >= 0.6 is 0 Å². The van der Waals surface area contributed by atoms with Crippen molar-refractivity contribution >= 4 is 16.7 Å². The molecule has 5 nitrogen and oxygen atoms in total. The molecule has 0 atom stereocenters. The molecule has 0 aliphatic carbocycles. The number of aliphatic hydroxyl groups excluding tert-OH is 1. The van der Waals surface area contributed by atoms with Gasteiger partial charge in [0.15, 0.2) is 5.82 Å². The number of nitrogens with one attached hydrogen (secondary N) is 1. The maximum atomic E-state index is 8.72. The lowest BCUT2D eigenvalue weighted by Gasteiger charge is -2.11. The van der Waals surface area contributed by atoms with E-state index in [2.05, 4.69) is 15.3 Å². The second-order valence-corrected chi connectivity index (χ2v) is 5.04. The van der Waals surface area contributed by atoms with Crippen molar-refractivity contribution in [2.24, 2.45) is 0 Å². The van der Waals surface area contributed by atoms with Crippen molar-refractivity contribution in [3.63, 3.8) is 0 Å². The van der Waals surface area contributed by atoms with Crippen LogP contribution in [0.5, 0.6) is 0 Å². The summed E-state index contributed by atoms with van der Waals surface area (Å²) in [5.41, 5.74) is 1.89. The van der Waals surface area contributed by atoms with E-state index in [1.807, 2.05) is 54.6 Å². The summed E-state index contributed by atoms with van der Waals surface area (Å²) in [6.07, 6.45) is 0. The third-order valence-electron chi connectivity index (χ3n) is 3.41. The molecule has 1 heterocycles. The molecule has 0 saturated carbocycles. The fraction of sp³-hybridized carbons (Fsp3) is 0.222. The predicted molar refractivity (Wildman–Crippen MR) is 91.4 cm³/mol. The van der Waals surface area contributed by atoms with Crippen LogP contribution in [0.1, 0.15) is 0 Å². The summed E-state index contributed by atoms with van der Waals surface area (Å²) < 4.78 is 5.28. The highest BCUT2D eigenvalue weighted by atomic mass is 16.5. The van der Waals surface area contributed by atoms with E-state index in [1.165, 1.54) is 0 Å². The molecule has 23 heavy (non-hydrogen) atoms. The molecule has 0 bridgehead atoms. The van der Waals surface area contributed by atoms with Crippen LogP contribution in [0.15, 0.2) is 54.6 Å². The first-order valence-corrected chi connectivity index (χ1v) is 7.63. The maximum absolute atomic E-state index is 8.72. The summed E-state index contributed by atoms with van der Waals surface area (Å²) in [6.45, 7) is 1.52. The molecule has 118 valence electrons. The molecule has 0 radical (unpaired) electrons. The SMILES string of the molecule is OCCOCCNc1nc(-c2ccccc2)nc2ccccc12. The van der Waals surface area contributed by atoms with Crippen molar-refractivity contribution < 1.29 is 9.84 Å². The van der Waals surface area contributed by atoms with Crippen molar-refractivity contribution in [2.45, 2.75) is 0 Å². The van der Waals surface area contributed by atoms with E-state index in [-0.39, 0.29) is 6.61 Å². The minimum atomic E-state index is 0.0363. The molecule has 0 amide bonds. The van der Waals surface area contributed by atoms with Gasteiger partial charge in [0.05, 0.1) is 25.3 Å². The summed E-state index contributed by atoms with van der Waals surface area (Å²) in [5, 5.41) is 13.0. The number of rotatable bonds is 7. The molecule has 0 aliphatic heterocycles. The standard InChI is InChI=1S/C18H19N3O2/c22-11-13-23-12-10-19-18-15-8-4-5-9-16(15)20-17(21-18)14-6-2-1-3-7-14/h1-9,22H,10-13H2,(H,19,20,21). The lowest BCUT2D eigenvalue weighted by Crippen LogP contribution is -2.13. The van der Waals surface area contributed by atoms with Crippen LogP contribution in [0.3, 0.4) is 0 Å². The van der Waals surface area contributed by atoms with Crippen molar-refractivity contribution in [2.75, 3.05) is 31.7 Å². The average Bonchev–Trinajstić information content (AvgIpc) is 2.62. The Bertz CT molecular complexity index is 763. The Kier molecular flexibility index (Phi) is 5.13. The number of hydrogen-bond donors (Lipinski definition) is 2. The smallest absolute Gasteiger partial charge is 0.162 e. The van der Waals surface area contributed by atoms with Gasteiger partial charge in [0, 0.05) is 17.5 Å². The molecule has 0 unspecified atom stereocenters. The van der Waals surface area contributed by atoms with Gasteiger partial charge < -0.3 is 15.2 Å². The van der Waals surface area contributed by atoms with Crippen LogP contribution in [-0.4, -0.2) is 41.4 Å². The lowest BCUT2D eigenvalue weighted by molar-refractivity contribution is 0.0992. The number of para-hydroxylation sites is 1. The van der Waals surface area contributed by atoms with Gasteiger partial charge in [0.2, 0.25) is 0 Å². The average molecular weight is 309 g/mol. The van der Waals surface area contributed by atoms with E-state index < -0.39 is 0 Å². The van der Waals surface area contributed by atoms with E-state index in [4.69, 9.17) is 9.84 Å². The van der Waals surface area contributed by atoms with E-state index in [0.29, 0.717) is 25.6 Å². The highest BCUT2D eigenvalue weighted by Gasteiger charge is 2.08. The summed E-state index contributed by atoms with van der Waals surface area (Å²) >= 11 is 0. The number of anilines is 1. The molecule has 3 rings (SSSR count). The van der Waals surface area contributed by atoms with Gasteiger partial charge in [-0.3, -0.25) is 0 Å². The highest BCUT2D eigenvalue weighted by molar-refractivity contribution is 5.90. The zero-order valence-electron chi connectivity index (χ0n) is 12.8. The van der Waals surface area contributed by atoms with E-state index in [1.54, 1.807) is 0 Å². The van der Waals surface area contributed by atoms with Crippen LogP contribution in [0.4, 0.5) is 5.82 Å². The quantitative estimate of drug-likeness (QED) is 0.657. The molecule has 3 aromatic rings. The first-order chi connectivity index (χ1) is 11.4. The second-order valence-electron chi connectivity index (χ2n) is 5.04. The number of benzene rings is 2. The highest BCUT2D eigenvalue weighted by Crippen LogP contribution is 2.24. The Labute approximate surface area is 135 Å². The number of aromatic nitrogens is 2. The second kappa shape index (κ2) is 7.67. The zero-order valence-corrected chi connectivity index (χ0v) is 12.8. The van der Waals surface area contributed by atoms with Crippen molar-refractivity contribution in [3.05, 3.63) is 54.6 Å². The minimum absolute atomic E-state index is 0.0363. The van der Waals surface area contributed by atoms with E-state index in [0.717, 1.165) is 22.3 Å². The molecule has 0 saturated heterocycles. The Morgan fingerprint density at radius 3 is 2.52 bits per heavy atom. The topological polar surface area (TPSA) is 67.3 Å². The van der Waals surface area contributed by atoms with Crippen LogP contribution in [0, 0.1) is 0 Å². The lowest BCUT2D eigenvalue weighted by atomic mass is 10.2. The van der Waals surface area contributed by atoms with Gasteiger partial charge in [-0.2, -0.15) is 0 Å². The number of fused-ring (bicyclic) bond motifs is 1. The molecule has 0 fully saturated rings. The predicted octanol–water partition coefficient (Wildman–Crippen LogP) is 2.72. The molecular weight excluding hydrogens is 290 g/mol. The van der Waals surface area contributed by atoms with Gasteiger partial charge in [0.25, 0.3) is 0 Å². The summed E-state index contributed by atoms with van der Waals surface area (Å²) in [6, 6.07) is 17.9. The van der Waals surface area contributed by atoms with Crippen LogP contribution in [0.25, 0.3) is 22.3 Å². The monoisotopic (exact) mass is 309 g/mol. The van der Waals surface area contributed by atoms with Gasteiger partial charge in [-0.25, -0.2) is 9.97 Å². The largest absolute Gasteiger partial charge is 0.394 e. The minimum Gasteiger partial charge on any atom is -0.394 e. The van der Waals surface area contributed by atoms with Crippen molar-refractivity contribution in [1.82, 2.24) is 9.97 Å². The van der Waals surface area contributed by atoms with Crippen molar-refractivity contribution in [1.29, 1.82) is 0 Å². The van der Waals surface area contributed by atoms with Crippen LogP contribution in [-0.2, 0) is 4.74 Å². The number of nitrogens with zero attached hydrogens (tertiary/aromatic N) is 2. The number of hydrogen-bond acceptors (Lipinski definition) is 5. The summed E-state index contributed by atoms with van der Waals surface area (Å²) in [7, 11) is 0. The van der Waals surface area contributed by atoms with Crippen LogP contribution < -0.4 is 5.32 Å². The third kappa shape index (κ3) is 3.83. The summed E-state index contributed by atoms with van der Waals surface area (Å²) in [5.74, 6) is 1.49. The molecule has 0 aliphatic rings. The molecule has 2 aromatic carbocycles. The fourth-order valence-electron chi connectivity index (χ4n) is 2.34. The molecule has 5 heteroatoms. The number of aliphatic hydroxyl groups is 1. The van der Waals surface area contributed by atoms with E-state index >= 15 is 0 Å². The maximum Gasteiger partial charge on any atom is 0.162 e. The molecule has 1 aromatic heterocycles. The number of ether oxygens (including phenoxy) is 1. The van der Waals surface area contributed by atoms with Crippen LogP contribution in [0.2, 0.25) is 0 Å².